The number of halogens is 1. The Kier molecular flexibility index (Phi) is 7.45. The van der Waals surface area contributed by atoms with E-state index in [1.807, 2.05) is 23.0 Å². The zero-order chi connectivity index (χ0) is 21.6. The lowest BCUT2D eigenvalue weighted by Gasteiger charge is -2.28. The number of fused-ring (bicyclic) bond motifs is 1. The first-order valence-corrected chi connectivity index (χ1v) is 12.6. The molecule has 0 bridgehead atoms. The van der Waals surface area contributed by atoms with Crippen LogP contribution in [0.2, 0.25) is 0 Å². The molecule has 0 spiro atoms. The first-order chi connectivity index (χ1) is 15.2. The van der Waals surface area contributed by atoms with Crippen molar-refractivity contribution in [1.29, 1.82) is 0 Å². The van der Waals surface area contributed by atoms with Crippen LogP contribution in [0, 0.1) is 0 Å². The lowest BCUT2D eigenvalue weighted by Crippen LogP contribution is -2.30. The molecular weight excluding hydrogens is 476 g/mol. The van der Waals surface area contributed by atoms with Gasteiger partial charge >= 0.3 is 0 Å². The summed E-state index contributed by atoms with van der Waals surface area (Å²) in [7, 11) is 0. The van der Waals surface area contributed by atoms with E-state index in [4.69, 9.17) is 9.97 Å². The van der Waals surface area contributed by atoms with Gasteiger partial charge in [0.25, 0.3) is 5.91 Å². The molecule has 31 heavy (non-hydrogen) atoms. The van der Waals surface area contributed by atoms with Gasteiger partial charge in [0.1, 0.15) is 5.82 Å². The third kappa shape index (κ3) is 5.38. The Morgan fingerprint density at radius 1 is 1.16 bits per heavy atom. The number of carbonyl (C=O) groups excluding carboxylic acids is 1. The number of carbonyl (C=O) groups is 1. The smallest absolute Gasteiger partial charge is 0.251 e. The zero-order valence-electron chi connectivity index (χ0n) is 17.7. The van der Waals surface area contributed by atoms with Crippen LogP contribution < -0.4 is 10.2 Å². The van der Waals surface area contributed by atoms with Crippen molar-refractivity contribution in [3.05, 3.63) is 40.5 Å². The van der Waals surface area contributed by atoms with Gasteiger partial charge < -0.3 is 10.2 Å². The molecule has 0 atom stereocenters. The van der Waals surface area contributed by atoms with Gasteiger partial charge in [-0.05, 0) is 49.9 Å². The van der Waals surface area contributed by atoms with E-state index >= 15 is 0 Å². The lowest BCUT2D eigenvalue weighted by atomic mass is 10.1. The Morgan fingerprint density at radius 2 is 1.94 bits per heavy atom. The van der Waals surface area contributed by atoms with E-state index in [1.165, 1.54) is 19.3 Å². The third-order valence-electron chi connectivity index (χ3n) is 5.26. The van der Waals surface area contributed by atoms with E-state index in [2.05, 4.69) is 38.2 Å². The van der Waals surface area contributed by atoms with E-state index in [9.17, 15) is 4.79 Å². The summed E-state index contributed by atoms with van der Waals surface area (Å²) in [5.74, 6) is 1.89. The molecule has 3 aromatic rings. The van der Waals surface area contributed by atoms with Gasteiger partial charge in [-0.3, -0.25) is 4.79 Å². The topological polar surface area (TPSA) is 75.9 Å². The van der Waals surface area contributed by atoms with Crippen molar-refractivity contribution >= 4 is 50.5 Å². The molecule has 1 aromatic carbocycles. The predicted molar refractivity (Wildman–Crippen MR) is 129 cm³/mol. The Balaban J connectivity index is 1.52. The summed E-state index contributed by atoms with van der Waals surface area (Å²) >= 11 is 5.08. The molecule has 164 valence electrons. The quantitative estimate of drug-likeness (QED) is 0.360. The zero-order valence-corrected chi connectivity index (χ0v) is 20.1. The fourth-order valence-corrected chi connectivity index (χ4v) is 4.62. The molecule has 0 aliphatic carbocycles. The molecule has 1 saturated heterocycles. The Labute approximate surface area is 195 Å². The Morgan fingerprint density at radius 3 is 2.68 bits per heavy atom. The normalized spacial score (nSPS) is 14.2. The van der Waals surface area contributed by atoms with Gasteiger partial charge in [0.2, 0.25) is 0 Å². The van der Waals surface area contributed by atoms with E-state index in [0.717, 1.165) is 51.7 Å². The standard InChI is InChI=1S/C22H27BrN6OS/c1-2-14-31-22-26-19(28-11-4-3-5-12-28)18-15-25-29(20(18)27-22)13-10-24-21(30)16-6-8-17(23)9-7-16/h6-9,15H,2-5,10-14H2,1H3,(H,24,30). The van der Waals surface area contributed by atoms with Crippen LogP contribution in [0.3, 0.4) is 0 Å². The average molecular weight is 503 g/mol. The summed E-state index contributed by atoms with van der Waals surface area (Å²) in [6.07, 6.45) is 6.61. The Hall–Kier alpha value is -2.13. The van der Waals surface area contributed by atoms with Gasteiger partial charge in [0, 0.05) is 35.4 Å². The first-order valence-electron chi connectivity index (χ1n) is 10.8. The second-order valence-electron chi connectivity index (χ2n) is 7.59. The highest BCUT2D eigenvalue weighted by Crippen LogP contribution is 2.29. The number of nitrogens with zero attached hydrogens (tertiary/aromatic N) is 5. The van der Waals surface area contributed by atoms with Gasteiger partial charge in [-0.1, -0.05) is 34.6 Å². The van der Waals surface area contributed by atoms with Gasteiger partial charge in [0.05, 0.1) is 18.1 Å². The van der Waals surface area contributed by atoms with Gasteiger partial charge in [-0.25, -0.2) is 14.6 Å². The summed E-state index contributed by atoms with van der Waals surface area (Å²) < 4.78 is 2.83. The van der Waals surface area contributed by atoms with Crippen LogP contribution in [0.1, 0.15) is 43.0 Å². The molecule has 1 amide bonds. The van der Waals surface area contributed by atoms with Crippen LogP contribution in [-0.4, -0.2) is 51.0 Å². The Bertz CT molecular complexity index is 1030. The number of rotatable bonds is 8. The maximum atomic E-state index is 12.4. The number of hydrogen-bond acceptors (Lipinski definition) is 6. The van der Waals surface area contributed by atoms with Crippen molar-refractivity contribution in [2.24, 2.45) is 0 Å². The van der Waals surface area contributed by atoms with Crippen molar-refractivity contribution < 1.29 is 4.79 Å². The lowest BCUT2D eigenvalue weighted by molar-refractivity contribution is 0.0952. The fourth-order valence-electron chi connectivity index (χ4n) is 3.67. The molecule has 1 N–H and O–H groups in total. The number of amides is 1. The highest BCUT2D eigenvalue weighted by Gasteiger charge is 2.20. The molecule has 3 heterocycles. The minimum Gasteiger partial charge on any atom is -0.356 e. The maximum Gasteiger partial charge on any atom is 0.251 e. The monoisotopic (exact) mass is 502 g/mol. The number of nitrogens with one attached hydrogen (secondary N) is 1. The van der Waals surface area contributed by atoms with Gasteiger partial charge in [-0.15, -0.1) is 0 Å². The molecule has 1 aliphatic rings. The third-order valence-corrected chi connectivity index (χ3v) is 6.84. The molecule has 0 unspecified atom stereocenters. The summed E-state index contributed by atoms with van der Waals surface area (Å²) in [5.41, 5.74) is 1.48. The van der Waals surface area contributed by atoms with Crippen molar-refractivity contribution in [1.82, 2.24) is 25.1 Å². The van der Waals surface area contributed by atoms with E-state index in [1.54, 1.807) is 23.9 Å². The number of hydrogen-bond donors (Lipinski definition) is 1. The van der Waals surface area contributed by atoms with Crippen molar-refractivity contribution in [2.45, 2.75) is 44.3 Å². The van der Waals surface area contributed by atoms with Crippen molar-refractivity contribution in [3.63, 3.8) is 0 Å². The largest absolute Gasteiger partial charge is 0.356 e. The van der Waals surface area contributed by atoms with Gasteiger partial charge in [0.15, 0.2) is 10.8 Å². The van der Waals surface area contributed by atoms with Crippen LogP contribution in [-0.2, 0) is 6.54 Å². The summed E-state index contributed by atoms with van der Waals surface area (Å²) in [5, 5.41) is 9.34. The number of anilines is 1. The molecule has 2 aromatic heterocycles. The summed E-state index contributed by atoms with van der Waals surface area (Å²) in [6, 6.07) is 7.34. The highest BCUT2D eigenvalue weighted by atomic mass is 79.9. The van der Waals surface area contributed by atoms with Crippen LogP contribution in [0.4, 0.5) is 5.82 Å². The fraction of sp³-hybridized carbons (Fsp3) is 0.455. The number of piperidine rings is 1. The molecule has 1 aliphatic heterocycles. The summed E-state index contributed by atoms with van der Waals surface area (Å²) in [6.45, 7) is 5.25. The second-order valence-corrected chi connectivity index (χ2v) is 9.57. The van der Waals surface area contributed by atoms with Crippen molar-refractivity contribution in [3.8, 4) is 0 Å². The number of thioether (sulfide) groups is 1. The molecule has 0 radical (unpaired) electrons. The first kappa shape index (κ1) is 22.1. The molecule has 7 nitrogen and oxygen atoms in total. The van der Waals surface area contributed by atoms with Crippen LogP contribution in [0.15, 0.2) is 40.1 Å². The minimum atomic E-state index is -0.0909. The molecule has 0 saturated carbocycles. The molecule has 1 fully saturated rings. The SMILES string of the molecule is CCCSc1nc(N2CCCCC2)c2cnn(CCNC(=O)c3ccc(Br)cc3)c2n1. The number of benzene rings is 1. The van der Waals surface area contributed by atoms with Crippen LogP contribution >= 0.6 is 27.7 Å². The van der Waals surface area contributed by atoms with Crippen LogP contribution in [0.5, 0.6) is 0 Å². The molecule has 4 rings (SSSR count). The molecule has 9 heteroatoms. The van der Waals surface area contributed by atoms with Crippen molar-refractivity contribution in [2.75, 3.05) is 30.3 Å². The minimum absolute atomic E-state index is 0.0909. The number of aromatic nitrogens is 4. The van der Waals surface area contributed by atoms with E-state index < -0.39 is 0 Å². The predicted octanol–water partition coefficient (Wildman–Crippen LogP) is 4.51. The van der Waals surface area contributed by atoms with E-state index in [-0.39, 0.29) is 5.91 Å². The summed E-state index contributed by atoms with van der Waals surface area (Å²) in [4.78, 5) is 24.4. The van der Waals surface area contributed by atoms with Gasteiger partial charge in [-0.2, -0.15) is 5.10 Å². The van der Waals surface area contributed by atoms with Crippen LogP contribution in [0.25, 0.3) is 11.0 Å². The molecular formula is C22H27BrN6OS. The van der Waals surface area contributed by atoms with E-state index in [0.29, 0.717) is 18.7 Å². The average Bonchev–Trinajstić information content (AvgIpc) is 3.21. The highest BCUT2D eigenvalue weighted by molar-refractivity contribution is 9.10. The second kappa shape index (κ2) is 10.5. The maximum absolute atomic E-state index is 12.4.